The van der Waals surface area contributed by atoms with Crippen LogP contribution >= 0.6 is 11.6 Å². The highest BCUT2D eigenvalue weighted by Gasteiger charge is 2.12. The summed E-state index contributed by atoms with van der Waals surface area (Å²) in [5.74, 6) is 0.0468. The molecule has 0 heterocycles. The molecule has 0 aliphatic heterocycles. The van der Waals surface area contributed by atoms with Gasteiger partial charge in [0.15, 0.2) is 5.78 Å². The number of aryl methyl sites for hydroxylation is 1. The van der Waals surface area contributed by atoms with Gasteiger partial charge in [-0.25, -0.2) is 0 Å². The summed E-state index contributed by atoms with van der Waals surface area (Å²) in [5.41, 5.74) is 2.89. The largest absolute Gasteiger partial charge is 0.294 e. The average molecular weight is 197 g/mol. The minimum absolute atomic E-state index is 0.0468. The molecule has 0 radical (unpaired) electrons. The first-order valence-corrected chi connectivity index (χ1v) is 4.74. The van der Waals surface area contributed by atoms with Crippen molar-refractivity contribution in [2.45, 2.75) is 27.2 Å². The molecule has 0 bridgehead atoms. The van der Waals surface area contributed by atoms with E-state index >= 15 is 0 Å². The van der Waals surface area contributed by atoms with Gasteiger partial charge in [-0.15, -0.1) is 0 Å². The second kappa shape index (κ2) is 3.93. The van der Waals surface area contributed by atoms with E-state index in [0.717, 1.165) is 17.5 Å². The van der Waals surface area contributed by atoms with E-state index in [9.17, 15) is 4.79 Å². The molecular formula is C11H13ClO. The summed E-state index contributed by atoms with van der Waals surface area (Å²) in [4.78, 5) is 11.3. The van der Waals surface area contributed by atoms with E-state index in [1.165, 1.54) is 0 Å². The summed E-state index contributed by atoms with van der Waals surface area (Å²) in [5, 5.41) is 0.565. The molecule has 70 valence electrons. The SMILES string of the molecule is CCc1c(C)ccc(Cl)c1C(C)=O. The van der Waals surface area contributed by atoms with Gasteiger partial charge in [0.05, 0.1) is 5.02 Å². The lowest BCUT2D eigenvalue weighted by Gasteiger charge is -2.09. The third kappa shape index (κ3) is 1.92. The van der Waals surface area contributed by atoms with Crippen LogP contribution in [0, 0.1) is 6.92 Å². The van der Waals surface area contributed by atoms with Crippen LogP contribution in [0.15, 0.2) is 12.1 Å². The van der Waals surface area contributed by atoms with Crippen molar-refractivity contribution >= 4 is 17.4 Å². The third-order valence-corrected chi connectivity index (χ3v) is 2.52. The number of halogens is 1. The van der Waals surface area contributed by atoms with Crippen LogP contribution in [0.3, 0.4) is 0 Å². The minimum atomic E-state index is 0.0468. The number of hydrogen-bond donors (Lipinski definition) is 0. The summed E-state index contributed by atoms with van der Waals surface area (Å²) in [6.07, 6.45) is 0.849. The molecule has 1 aromatic carbocycles. The van der Waals surface area contributed by atoms with Crippen molar-refractivity contribution in [3.63, 3.8) is 0 Å². The Bertz CT molecular complexity index is 342. The Hall–Kier alpha value is -0.820. The maximum atomic E-state index is 11.3. The van der Waals surface area contributed by atoms with Gasteiger partial charge in [0.25, 0.3) is 0 Å². The van der Waals surface area contributed by atoms with Gasteiger partial charge in [-0.2, -0.15) is 0 Å². The maximum absolute atomic E-state index is 11.3. The second-order valence-corrected chi connectivity index (χ2v) is 3.53. The molecule has 0 saturated carbocycles. The van der Waals surface area contributed by atoms with Gasteiger partial charge in [0.1, 0.15) is 0 Å². The minimum Gasteiger partial charge on any atom is -0.294 e. The first kappa shape index (κ1) is 10.3. The van der Waals surface area contributed by atoms with Crippen molar-refractivity contribution in [2.75, 3.05) is 0 Å². The molecule has 0 aliphatic rings. The standard InChI is InChI=1S/C11H13ClO/c1-4-9-7(2)5-6-10(12)11(9)8(3)13/h5-6H,4H2,1-3H3. The van der Waals surface area contributed by atoms with E-state index in [2.05, 4.69) is 0 Å². The zero-order chi connectivity index (χ0) is 10.0. The van der Waals surface area contributed by atoms with Gasteiger partial charge in [0, 0.05) is 5.56 Å². The molecule has 0 spiro atoms. The molecule has 0 fully saturated rings. The van der Waals surface area contributed by atoms with Crippen LogP contribution in [-0.2, 0) is 6.42 Å². The number of benzene rings is 1. The van der Waals surface area contributed by atoms with Gasteiger partial charge in [-0.3, -0.25) is 4.79 Å². The van der Waals surface area contributed by atoms with Gasteiger partial charge in [-0.1, -0.05) is 24.6 Å². The molecule has 13 heavy (non-hydrogen) atoms. The van der Waals surface area contributed by atoms with Crippen molar-refractivity contribution in [3.05, 3.63) is 33.8 Å². The molecular weight excluding hydrogens is 184 g/mol. The lowest BCUT2D eigenvalue weighted by atomic mass is 9.97. The van der Waals surface area contributed by atoms with Crippen LogP contribution in [-0.4, -0.2) is 5.78 Å². The van der Waals surface area contributed by atoms with E-state index in [-0.39, 0.29) is 5.78 Å². The van der Waals surface area contributed by atoms with Crippen LogP contribution in [0.4, 0.5) is 0 Å². The van der Waals surface area contributed by atoms with E-state index in [0.29, 0.717) is 10.6 Å². The fourth-order valence-corrected chi connectivity index (χ4v) is 1.87. The van der Waals surface area contributed by atoms with Gasteiger partial charge in [-0.05, 0) is 37.5 Å². The van der Waals surface area contributed by atoms with Crippen LogP contribution in [0.1, 0.15) is 35.3 Å². The fourth-order valence-electron chi connectivity index (χ4n) is 1.56. The average Bonchev–Trinajstić information content (AvgIpc) is 2.07. The predicted molar refractivity (Wildman–Crippen MR) is 55.6 cm³/mol. The number of hydrogen-bond acceptors (Lipinski definition) is 1. The van der Waals surface area contributed by atoms with E-state index < -0.39 is 0 Å². The van der Waals surface area contributed by atoms with Crippen LogP contribution < -0.4 is 0 Å². The molecule has 0 saturated heterocycles. The molecule has 1 rings (SSSR count). The summed E-state index contributed by atoms with van der Waals surface area (Å²) >= 11 is 5.95. The molecule has 0 atom stereocenters. The highest BCUT2D eigenvalue weighted by Crippen LogP contribution is 2.24. The van der Waals surface area contributed by atoms with Crippen LogP contribution in [0.25, 0.3) is 0 Å². The maximum Gasteiger partial charge on any atom is 0.161 e. The number of carbonyl (C=O) groups excluding carboxylic acids is 1. The summed E-state index contributed by atoms with van der Waals surface area (Å²) < 4.78 is 0. The van der Waals surface area contributed by atoms with E-state index in [1.807, 2.05) is 19.9 Å². The summed E-state index contributed by atoms with van der Waals surface area (Å²) in [6, 6.07) is 3.74. The Morgan fingerprint density at radius 2 is 2.08 bits per heavy atom. The molecule has 2 heteroatoms. The Balaban J connectivity index is 3.43. The Kier molecular flexibility index (Phi) is 3.10. The number of ketones is 1. The highest BCUT2D eigenvalue weighted by atomic mass is 35.5. The first-order chi connectivity index (χ1) is 6.07. The molecule has 0 amide bonds. The van der Waals surface area contributed by atoms with Crippen molar-refractivity contribution in [3.8, 4) is 0 Å². The smallest absolute Gasteiger partial charge is 0.161 e. The van der Waals surface area contributed by atoms with Gasteiger partial charge < -0.3 is 0 Å². The Labute approximate surface area is 83.7 Å². The molecule has 1 aromatic rings. The van der Waals surface area contributed by atoms with Crippen molar-refractivity contribution in [1.29, 1.82) is 0 Å². The van der Waals surface area contributed by atoms with E-state index in [1.54, 1.807) is 13.0 Å². The van der Waals surface area contributed by atoms with Crippen molar-refractivity contribution in [2.24, 2.45) is 0 Å². The molecule has 0 aromatic heterocycles. The lowest BCUT2D eigenvalue weighted by molar-refractivity contribution is 0.101. The van der Waals surface area contributed by atoms with Crippen molar-refractivity contribution < 1.29 is 4.79 Å². The molecule has 1 nitrogen and oxygen atoms in total. The predicted octanol–water partition coefficient (Wildman–Crippen LogP) is 3.41. The van der Waals surface area contributed by atoms with Crippen LogP contribution in [0.2, 0.25) is 5.02 Å². The highest BCUT2D eigenvalue weighted by molar-refractivity contribution is 6.34. The molecule has 0 N–H and O–H groups in total. The zero-order valence-corrected chi connectivity index (χ0v) is 8.90. The normalized spacial score (nSPS) is 10.2. The number of Topliss-reactive ketones (excluding diaryl/α,β-unsaturated/α-hetero) is 1. The van der Waals surface area contributed by atoms with Crippen LogP contribution in [0.5, 0.6) is 0 Å². The van der Waals surface area contributed by atoms with Gasteiger partial charge >= 0.3 is 0 Å². The van der Waals surface area contributed by atoms with E-state index in [4.69, 9.17) is 11.6 Å². The number of rotatable bonds is 2. The monoisotopic (exact) mass is 196 g/mol. The lowest BCUT2D eigenvalue weighted by Crippen LogP contribution is -2.02. The summed E-state index contributed by atoms with van der Waals surface area (Å²) in [6.45, 7) is 5.59. The zero-order valence-electron chi connectivity index (χ0n) is 8.15. The molecule has 0 aliphatic carbocycles. The Morgan fingerprint density at radius 1 is 1.46 bits per heavy atom. The fraction of sp³-hybridized carbons (Fsp3) is 0.364. The molecule has 0 unspecified atom stereocenters. The van der Waals surface area contributed by atoms with Gasteiger partial charge in [0.2, 0.25) is 0 Å². The number of carbonyl (C=O) groups is 1. The first-order valence-electron chi connectivity index (χ1n) is 4.36. The quantitative estimate of drug-likeness (QED) is 0.663. The Morgan fingerprint density at radius 3 is 2.46 bits per heavy atom. The third-order valence-electron chi connectivity index (χ3n) is 2.20. The van der Waals surface area contributed by atoms with Crippen molar-refractivity contribution in [1.82, 2.24) is 0 Å². The topological polar surface area (TPSA) is 17.1 Å². The second-order valence-electron chi connectivity index (χ2n) is 3.13. The summed E-state index contributed by atoms with van der Waals surface area (Å²) in [7, 11) is 0.